The highest BCUT2D eigenvalue weighted by atomic mass is 32.2. The van der Waals surface area contributed by atoms with Crippen molar-refractivity contribution in [3.8, 4) is 0 Å². The molecule has 0 radical (unpaired) electrons. The molecule has 1 spiro atoms. The maximum absolute atomic E-state index is 14.2. The van der Waals surface area contributed by atoms with Crippen molar-refractivity contribution in [1.82, 2.24) is 9.80 Å². The predicted octanol–water partition coefficient (Wildman–Crippen LogP) is 2.63. The molecule has 3 aliphatic rings. The van der Waals surface area contributed by atoms with Crippen LogP contribution in [0.1, 0.15) is 53.9 Å². The van der Waals surface area contributed by atoms with Gasteiger partial charge in [-0.1, -0.05) is 40.2 Å². The van der Waals surface area contributed by atoms with Gasteiger partial charge in [0.15, 0.2) is 0 Å². The summed E-state index contributed by atoms with van der Waals surface area (Å²) in [5.41, 5.74) is 0. The average molecular weight is 467 g/mol. The monoisotopic (exact) mass is 466 g/mol. The van der Waals surface area contributed by atoms with Crippen LogP contribution in [-0.2, 0) is 14.4 Å². The first kappa shape index (κ1) is 25.1. The molecule has 3 saturated heterocycles. The predicted molar refractivity (Wildman–Crippen MR) is 125 cm³/mol. The summed E-state index contributed by atoms with van der Waals surface area (Å²) in [5.74, 6) is -2.98. The lowest BCUT2D eigenvalue weighted by molar-refractivity contribution is -0.150. The lowest BCUT2D eigenvalue weighted by Crippen LogP contribution is -2.61. The number of carboxylic acids is 1. The number of carbonyl (C=O) groups is 3. The number of aliphatic hydroxyl groups excluding tert-OH is 1. The van der Waals surface area contributed by atoms with Gasteiger partial charge in [0.1, 0.15) is 6.04 Å². The van der Waals surface area contributed by atoms with Gasteiger partial charge in [-0.25, -0.2) is 0 Å². The number of likely N-dealkylation sites (tertiary alicyclic amines) is 1. The van der Waals surface area contributed by atoms with Gasteiger partial charge in [0, 0.05) is 17.8 Å². The molecule has 4 unspecified atom stereocenters. The zero-order valence-corrected chi connectivity index (χ0v) is 20.7. The summed E-state index contributed by atoms with van der Waals surface area (Å²) in [6, 6.07) is -1.35. The fraction of sp³-hybridized carbons (Fsp3) is 0.792. The van der Waals surface area contributed by atoms with E-state index in [1.807, 2.05) is 27.7 Å². The maximum Gasteiger partial charge on any atom is 0.308 e. The van der Waals surface area contributed by atoms with Gasteiger partial charge in [-0.05, 0) is 31.6 Å². The van der Waals surface area contributed by atoms with Crippen molar-refractivity contribution in [2.45, 2.75) is 82.0 Å². The number of nitrogens with zero attached hydrogens (tertiary/aromatic N) is 2. The van der Waals surface area contributed by atoms with Crippen LogP contribution < -0.4 is 0 Å². The van der Waals surface area contributed by atoms with Crippen molar-refractivity contribution in [2.75, 3.05) is 13.2 Å². The Kier molecular flexibility index (Phi) is 7.35. The van der Waals surface area contributed by atoms with Gasteiger partial charge in [-0.2, -0.15) is 0 Å². The molecule has 8 atom stereocenters. The van der Waals surface area contributed by atoms with Gasteiger partial charge in [-0.3, -0.25) is 14.4 Å². The Morgan fingerprint density at radius 3 is 2.53 bits per heavy atom. The quantitative estimate of drug-likeness (QED) is 0.480. The van der Waals surface area contributed by atoms with Crippen LogP contribution in [0.25, 0.3) is 0 Å². The van der Waals surface area contributed by atoms with Gasteiger partial charge >= 0.3 is 5.97 Å². The minimum absolute atomic E-state index is 0.0274. The van der Waals surface area contributed by atoms with Gasteiger partial charge < -0.3 is 20.0 Å². The Hall–Kier alpha value is -1.54. The minimum Gasteiger partial charge on any atom is -0.481 e. The number of carbonyl (C=O) groups excluding carboxylic acids is 2. The zero-order valence-electron chi connectivity index (χ0n) is 19.9. The Labute approximate surface area is 195 Å². The number of fused-ring (bicyclic) bond motifs is 1. The Morgan fingerprint density at radius 1 is 1.38 bits per heavy atom. The van der Waals surface area contributed by atoms with Gasteiger partial charge in [0.05, 0.1) is 29.2 Å². The fourth-order valence-corrected chi connectivity index (χ4v) is 8.75. The van der Waals surface area contributed by atoms with E-state index in [9.17, 15) is 24.6 Å². The molecule has 0 aliphatic carbocycles. The summed E-state index contributed by atoms with van der Waals surface area (Å²) in [6.07, 6.45) is 4.13. The van der Waals surface area contributed by atoms with E-state index in [4.69, 9.17) is 0 Å². The molecular formula is C24H38N2O5S. The number of thioether (sulfide) groups is 1. The van der Waals surface area contributed by atoms with Gasteiger partial charge in [0.25, 0.3) is 0 Å². The van der Waals surface area contributed by atoms with Crippen molar-refractivity contribution < 1.29 is 24.6 Å². The topological polar surface area (TPSA) is 98.2 Å². The van der Waals surface area contributed by atoms with E-state index in [1.54, 1.807) is 15.9 Å². The molecular weight excluding hydrogens is 428 g/mol. The second-order valence-electron chi connectivity index (χ2n) is 10.0. The fourth-order valence-electron chi connectivity index (χ4n) is 6.36. The Balaban J connectivity index is 2.16. The first-order valence-corrected chi connectivity index (χ1v) is 12.7. The molecule has 7 nitrogen and oxygen atoms in total. The van der Waals surface area contributed by atoms with E-state index < -0.39 is 34.6 Å². The molecule has 3 aliphatic heterocycles. The van der Waals surface area contributed by atoms with Gasteiger partial charge in [0.2, 0.25) is 11.8 Å². The number of hydrogen-bond acceptors (Lipinski definition) is 5. The van der Waals surface area contributed by atoms with E-state index in [0.717, 1.165) is 12.8 Å². The molecule has 0 saturated carbocycles. The van der Waals surface area contributed by atoms with Crippen molar-refractivity contribution >= 4 is 29.5 Å². The van der Waals surface area contributed by atoms with Gasteiger partial charge in [-0.15, -0.1) is 18.3 Å². The molecule has 0 aromatic heterocycles. The summed E-state index contributed by atoms with van der Waals surface area (Å²) >= 11 is 1.54. The largest absolute Gasteiger partial charge is 0.481 e. The van der Waals surface area contributed by atoms with E-state index in [0.29, 0.717) is 13.0 Å². The molecule has 2 N–H and O–H groups in total. The van der Waals surface area contributed by atoms with Crippen molar-refractivity contribution in [3.05, 3.63) is 12.7 Å². The van der Waals surface area contributed by atoms with Crippen LogP contribution in [0.3, 0.4) is 0 Å². The van der Waals surface area contributed by atoms with E-state index in [1.165, 1.54) is 11.8 Å². The van der Waals surface area contributed by atoms with E-state index in [2.05, 4.69) is 13.5 Å². The first-order valence-electron chi connectivity index (χ1n) is 11.8. The second kappa shape index (κ2) is 9.37. The molecule has 2 amide bonds. The molecule has 3 rings (SSSR count). The van der Waals surface area contributed by atoms with Crippen molar-refractivity contribution in [3.63, 3.8) is 0 Å². The summed E-state index contributed by atoms with van der Waals surface area (Å²) < 4.78 is -0.782. The number of aliphatic hydroxyl groups is 1. The minimum atomic E-state index is -0.963. The molecule has 3 heterocycles. The lowest BCUT2D eigenvalue weighted by atomic mass is 9.66. The highest BCUT2D eigenvalue weighted by molar-refractivity contribution is 8.02. The summed E-state index contributed by atoms with van der Waals surface area (Å²) in [6.45, 7) is 13.9. The zero-order chi connectivity index (χ0) is 24.0. The third-order valence-corrected chi connectivity index (χ3v) is 9.94. The van der Waals surface area contributed by atoms with Crippen LogP contribution in [0.15, 0.2) is 12.7 Å². The second-order valence-corrected chi connectivity index (χ2v) is 11.6. The standard InChI is InChI=1S/C24H38N2O5S/c1-7-9-15(6)25(10-8-2)22(29)20-24-14(5)11-17(32-24)18(23(30)31)19(24)21(28)26(20)16(12-27)13(3)4/h8,13-20,27H,2,7,9-12H2,1,3-6H3,(H,30,31)/t14?,15?,16-,17+,18-,19-,20?,24?/m0/s1. The number of carboxylic acid groups (broad SMARTS) is 1. The Bertz CT molecular complexity index is 773. The van der Waals surface area contributed by atoms with Crippen molar-refractivity contribution in [1.29, 1.82) is 0 Å². The smallest absolute Gasteiger partial charge is 0.308 e. The number of hydrogen-bond donors (Lipinski definition) is 2. The maximum atomic E-state index is 14.2. The van der Waals surface area contributed by atoms with Crippen LogP contribution in [0.2, 0.25) is 0 Å². The lowest BCUT2D eigenvalue weighted by Gasteiger charge is -2.43. The molecule has 32 heavy (non-hydrogen) atoms. The normalized spacial score (nSPS) is 35.2. The SMILES string of the molecule is C=CCN(C(=O)C1N([C@@H](CO)C(C)C)C(=O)[C@@H]2[C@@H](C(=O)O)[C@H]3CC(C)C12S3)C(C)CCC. The average Bonchev–Trinajstić information content (AvgIpc) is 3.30. The summed E-state index contributed by atoms with van der Waals surface area (Å²) in [5, 5.41) is 20.1. The number of amides is 2. The van der Waals surface area contributed by atoms with Crippen LogP contribution in [0, 0.1) is 23.7 Å². The molecule has 180 valence electrons. The number of rotatable bonds is 10. The number of aliphatic carboxylic acids is 1. The molecule has 0 aromatic carbocycles. The third kappa shape index (κ3) is 3.58. The van der Waals surface area contributed by atoms with Crippen LogP contribution >= 0.6 is 11.8 Å². The van der Waals surface area contributed by atoms with Crippen LogP contribution in [0.4, 0.5) is 0 Å². The third-order valence-electron chi connectivity index (χ3n) is 7.86. The highest BCUT2D eigenvalue weighted by Crippen LogP contribution is 2.69. The van der Waals surface area contributed by atoms with E-state index in [-0.39, 0.29) is 41.5 Å². The molecule has 8 heteroatoms. The summed E-state index contributed by atoms with van der Waals surface area (Å²) in [7, 11) is 0. The van der Waals surface area contributed by atoms with E-state index >= 15 is 0 Å². The van der Waals surface area contributed by atoms with Crippen LogP contribution in [0.5, 0.6) is 0 Å². The Morgan fingerprint density at radius 2 is 2.03 bits per heavy atom. The molecule has 3 fully saturated rings. The highest BCUT2D eigenvalue weighted by Gasteiger charge is 2.77. The molecule has 2 bridgehead atoms. The van der Waals surface area contributed by atoms with Crippen molar-refractivity contribution in [2.24, 2.45) is 23.7 Å². The summed E-state index contributed by atoms with van der Waals surface area (Å²) in [4.78, 5) is 43.7. The molecule has 0 aromatic rings. The van der Waals surface area contributed by atoms with Crippen LogP contribution in [-0.4, -0.2) is 79.1 Å². The first-order chi connectivity index (χ1) is 15.1.